The van der Waals surface area contributed by atoms with E-state index in [1.54, 1.807) is 0 Å². The van der Waals surface area contributed by atoms with E-state index in [0.717, 1.165) is 18.3 Å². The van der Waals surface area contributed by atoms with E-state index in [0.29, 0.717) is 52.1 Å². The van der Waals surface area contributed by atoms with Gasteiger partial charge in [0.05, 0.1) is 12.2 Å². The molecule has 5 saturated carbocycles. The van der Waals surface area contributed by atoms with E-state index in [1.165, 1.54) is 44.9 Å². The summed E-state index contributed by atoms with van der Waals surface area (Å²) >= 11 is 0. The highest BCUT2D eigenvalue weighted by atomic mass is 16.8. The maximum absolute atomic E-state index is 13.6. The van der Waals surface area contributed by atoms with Gasteiger partial charge in [-0.05, 0) is 117 Å². The Hall–Kier alpha value is -0.410. The van der Waals surface area contributed by atoms with Crippen molar-refractivity contribution in [1.82, 2.24) is 0 Å². The van der Waals surface area contributed by atoms with Crippen LogP contribution in [0.1, 0.15) is 107 Å². The molecule has 5 aliphatic carbocycles. The molecule has 3 heteroatoms. The average Bonchev–Trinajstić information content (AvgIpc) is 3.10. The Bertz CT molecular complexity index is 863. The molecule has 1 heterocycles. The third kappa shape index (κ3) is 2.92. The number of Topliss-reactive ketones (excluding diaryl/α,β-unsaturated/α-hetero) is 1. The third-order valence-electron chi connectivity index (χ3n) is 13.3. The quantitative estimate of drug-likeness (QED) is 0.433. The maximum Gasteiger partial charge on any atom is 0.163 e. The second-order valence-electron chi connectivity index (χ2n) is 15.1. The molecule has 0 amide bonds. The van der Waals surface area contributed by atoms with E-state index >= 15 is 0 Å². The molecule has 0 N–H and O–H groups in total. The number of carbonyl (C=O) groups excluding carboxylic acids is 1. The van der Waals surface area contributed by atoms with E-state index in [2.05, 4.69) is 55.4 Å². The fraction of sp³-hybridized carbons (Fsp3) is 0.968. The van der Waals surface area contributed by atoms with Crippen LogP contribution in [0.3, 0.4) is 0 Å². The van der Waals surface area contributed by atoms with Crippen LogP contribution in [0, 0.1) is 63.6 Å². The standard InChI is InChI=1S/C31H50O3/c1-17(2)18(3)26-27(34-28(5,6)33-26)19(4)22-9-10-23-21-15-25(32)31-16-20(31)11-14-30(31,8)24(21)12-13-29(22,23)7/h17-24,26-27H,9-16H2,1-8H3/t18-,19+,20-,21+,22-,23+,24+,26-,27-,29-,30-,31+/m1/s1. The number of hydrogen-bond acceptors (Lipinski definition) is 3. The summed E-state index contributed by atoms with van der Waals surface area (Å²) in [6.07, 6.45) is 10.4. The maximum atomic E-state index is 13.6. The lowest BCUT2D eigenvalue weighted by molar-refractivity contribution is -0.161. The molecule has 0 bridgehead atoms. The molecule has 12 atom stereocenters. The van der Waals surface area contributed by atoms with Gasteiger partial charge in [-0.3, -0.25) is 4.79 Å². The van der Waals surface area contributed by atoms with Crippen molar-refractivity contribution in [1.29, 1.82) is 0 Å². The van der Waals surface area contributed by atoms with Crippen molar-refractivity contribution >= 4 is 5.78 Å². The van der Waals surface area contributed by atoms with Gasteiger partial charge in [0.25, 0.3) is 0 Å². The summed E-state index contributed by atoms with van der Waals surface area (Å²) in [4.78, 5) is 13.6. The summed E-state index contributed by atoms with van der Waals surface area (Å²) in [6.45, 7) is 18.8. The van der Waals surface area contributed by atoms with Crippen molar-refractivity contribution in [3.8, 4) is 0 Å². The van der Waals surface area contributed by atoms with Crippen LogP contribution in [0.15, 0.2) is 0 Å². The lowest BCUT2D eigenvalue weighted by atomic mass is 9.45. The Morgan fingerprint density at radius 3 is 2.24 bits per heavy atom. The zero-order valence-corrected chi connectivity index (χ0v) is 23.2. The van der Waals surface area contributed by atoms with Crippen LogP contribution in [0.2, 0.25) is 0 Å². The SMILES string of the molecule is CC(C)[C@@H](C)[C@H]1OC(C)(C)O[C@@H]1[C@@H](C)[C@H]1CC[C@H]2[C@@H]3CC(=O)[C@]45C[C@H]4CC[C@]5(C)[C@H]3CC[C@]12C. The lowest BCUT2D eigenvalue weighted by Gasteiger charge is -2.58. The molecule has 34 heavy (non-hydrogen) atoms. The Morgan fingerprint density at radius 2 is 1.56 bits per heavy atom. The molecule has 0 unspecified atom stereocenters. The van der Waals surface area contributed by atoms with Crippen molar-refractivity contribution in [2.45, 2.75) is 125 Å². The number of ketones is 1. The normalized spacial score (nSPS) is 54.9. The van der Waals surface area contributed by atoms with E-state index < -0.39 is 5.79 Å². The summed E-state index contributed by atoms with van der Waals surface area (Å²) in [6, 6.07) is 0. The molecule has 0 aromatic rings. The molecule has 0 radical (unpaired) electrons. The first-order valence-corrected chi connectivity index (χ1v) is 14.7. The van der Waals surface area contributed by atoms with E-state index in [9.17, 15) is 4.79 Å². The van der Waals surface area contributed by atoms with Crippen LogP contribution in [0.5, 0.6) is 0 Å². The van der Waals surface area contributed by atoms with Gasteiger partial charge >= 0.3 is 0 Å². The number of hydrogen-bond donors (Lipinski definition) is 0. The fourth-order valence-electron chi connectivity index (χ4n) is 11.2. The topological polar surface area (TPSA) is 35.5 Å². The molecule has 1 saturated heterocycles. The second-order valence-corrected chi connectivity index (χ2v) is 15.1. The van der Waals surface area contributed by atoms with E-state index in [1.807, 2.05) is 0 Å². The Balaban J connectivity index is 1.26. The predicted octanol–water partition coefficient (Wildman–Crippen LogP) is 7.27. The van der Waals surface area contributed by atoms with Gasteiger partial charge in [-0.15, -0.1) is 0 Å². The zero-order chi connectivity index (χ0) is 24.4. The highest BCUT2D eigenvalue weighted by molar-refractivity contribution is 5.91. The van der Waals surface area contributed by atoms with Gasteiger partial charge in [-0.2, -0.15) is 0 Å². The highest BCUT2D eigenvalue weighted by Crippen LogP contribution is 2.80. The molecule has 1 aliphatic heterocycles. The minimum absolute atomic E-state index is 0.105. The summed E-state index contributed by atoms with van der Waals surface area (Å²) < 4.78 is 13.2. The van der Waals surface area contributed by atoms with Crippen molar-refractivity contribution in [3.05, 3.63) is 0 Å². The lowest BCUT2D eigenvalue weighted by Crippen LogP contribution is -2.55. The first kappa shape index (κ1) is 24.0. The van der Waals surface area contributed by atoms with Gasteiger partial charge in [0.2, 0.25) is 0 Å². The molecule has 6 aliphatic rings. The number of carbonyl (C=O) groups is 1. The van der Waals surface area contributed by atoms with Crippen LogP contribution in [0.25, 0.3) is 0 Å². The Labute approximate surface area is 208 Å². The van der Waals surface area contributed by atoms with Gasteiger partial charge in [-0.25, -0.2) is 0 Å². The number of fused-ring (bicyclic) bond motifs is 4. The molecule has 192 valence electrons. The summed E-state index contributed by atoms with van der Waals surface area (Å²) in [5, 5.41) is 0. The van der Waals surface area contributed by atoms with Gasteiger partial charge in [-0.1, -0.05) is 41.5 Å². The Morgan fingerprint density at radius 1 is 0.853 bits per heavy atom. The fourth-order valence-corrected chi connectivity index (χ4v) is 11.2. The first-order valence-electron chi connectivity index (χ1n) is 14.7. The second kappa shape index (κ2) is 7.33. The van der Waals surface area contributed by atoms with Crippen LogP contribution < -0.4 is 0 Å². The number of ether oxygens (including phenoxy) is 2. The van der Waals surface area contributed by atoms with Crippen molar-refractivity contribution in [2.24, 2.45) is 63.6 Å². The smallest absolute Gasteiger partial charge is 0.163 e. The number of rotatable bonds is 4. The first-order chi connectivity index (χ1) is 15.9. The predicted molar refractivity (Wildman–Crippen MR) is 135 cm³/mol. The minimum atomic E-state index is -0.495. The molecule has 0 aromatic heterocycles. The molecule has 1 spiro atoms. The summed E-state index contributed by atoms with van der Waals surface area (Å²) in [5.41, 5.74) is 0.742. The van der Waals surface area contributed by atoms with Crippen molar-refractivity contribution in [2.75, 3.05) is 0 Å². The van der Waals surface area contributed by atoms with Gasteiger partial charge in [0.15, 0.2) is 5.79 Å². The van der Waals surface area contributed by atoms with Crippen LogP contribution in [0.4, 0.5) is 0 Å². The molecule has 6 rings (SSSR count). The molecule has 3 nitrogen and oxygen atoms in total. The van der Waals surface area contributed by atoms with Gasteiger partial charge in [0.1, 0.15) is 5.78 Å². The van der Waals surface area contributed by atoms with Crippen molar-refractivity contribution in [3.63, 3.8) is 0 Å². The largest absolute Gasteiger partial charge is 0.344 e. The Kier molecular flexibility index (Phi) is 5.17. The van der Waals surface area contributed by atoms with Gasteiger partial charge in [0, 0.05) is 11.8 Å². The summed E-state index contributed by atoms with van der Waals surface area (Å²) in [7, 11) is 0. The van der Waals surface area contributed by atoms with E-state index in [-0.39, 0.29) is 17.6 Å². The summed E-state index contributed by atoms with van der Waals surface area (Å²) in [5.74, 6) is 5.24. The average molecular weight is 471 g/mol. The molecular formula is C31H50O3. The molecular weight excluding hydrogens is 420 g/mol. The van der Waals surface area contributed by atoms with Crippen LogP contribution in [-0.2, 0) is 14.3 Å². The highest BCUT2D eigenvalue weighted by Gasteiger charge is 2.77. The molecule has 0 aromatic carbocycles. The van der Waals surface area contributed by atoms with Crippen LogP contribution in [-0.4, -0.2) is 23.8 Å². The monoisotopic (exact) mass is 470 g/mol. The zero-order valence-electron chi connectivity index (χ0n) is 23.2. The van der Waals surface area contributed by atoms with Gasteiger partial charge < -0.3 is 9.47 Å². The third-order valence-corrected chi connectivity index (χ3v) is 13.3. The minimum Gasteiger partial charge on any atom is -0.344 e. The molecule has 6 fully saturated rings. The van der Waals surface area contributed by atoms with Crippen molar-refractivity contribution < 1.29 is 14.3 Å². The van der Waals surface area contributed by atoms with Crippen LogP contribution >= 0.6 is 0 Å². The van der Waals surface area contributed by atoms with E-state index in [4.69, 9.17) is 9.47 Å².